The smallest absolute Gasteiger partial charge is 0.159 e. The number of nitrogens with two attached hydrogens (primary N) is 1. The number of hydrogen-bond donors (Lipinski definition) is 1. The van der Waals surface area contributed by atoms with Crippen molar-refractivity contribution >= 4 is 0 Å². The summed E-state index contributed by atoms with van der Waals surface area (Å²) in [5, 5.41) is 0. The van der Waals surface area contributed by atoms with Gasteiger partial charge in [-0.05, 0) is 19.4 Å². The zero-order chi connectivity index (χ0) is 9.40. The second-order valence-corrected chi connectivity index (χ2v) is 2.97. The van der Waals surface area contributed by atoms with Gasteiger partial charge >= 0.3 is 0 Å². The first-order valence-corrected chi connectivity index (χ1v) is 4.55. The maximum atomic E-state index is 5.50. The number of hydrogen-bond acceptors (Lipinski definition) is 3. The molecule has 0 rings (SSSR count). The molecule has 0 aliphatic carbocycles. The molecule has 0 aliphatic heterocycles. The Morgan fingerprint density at radius 1 is 1.17 bits per heavy atom. The molecule has 0 amide bonds. The van der Waals surface area contributed by atoms with Crippen molar-refractivity contribution in [2.45, 2.75) is 32.5 Å². The van der Waals surface area contributed by atoms with Gasteiger partial charge in [0.05, 0.1) is 0 Å². The van der Waals surface area contributed by atoms with E-state index in [1.807, 2.05) is 0 Å². The van der Waals surface area contributed by atoms with Crippen LogP contribution in [0.3, 0.4) is 0 Å². The molecule has 0 spiro atoms. The zero-order valence-electron chi connectivity index (χ0n) is 8.38. The minimum absolute atomic E-state index is 0.0894. The highest BCUT2D eigenvalue weighted by Gasteiger charge is 2.18. The average Bonchev–Trinajstić information content (AvgIpc) is 2.07. The van der Waals surface area contributed by atoms with Crippen molar-refractivity contribution in [3.63, 3.8) is 0 Å². The highest BCUT2D eigenvalue weighted by molar-refractivity contribution is 4.62. The topological polar surface area (TPSA) is 44.5 Å². The van der Waals surface area contributed by atoms with Crippen LogP contribution in [0.1, 0.15) is 26.2 Å². The molecule has 0 radical (unpaired) electrons. The van der Waals surface area contributed by atoms with Crippen LogP contribution in [0.15, 0.2) is 0 Å². The normalized spacial score (nSPS) is 13.8. The molecular formula is C9H21NO2. The fourth-order valence-electron chi connectivity index (χ4n) is 1.48. The summed E-state index contributed by atoms with van der Waals surface area (Å²) in [5.41, 5.74) is 5.50. The quantitative estimate of drug-likeness (QED) is 0.594. The van der Waals surface area contributed by atoms with Crippen molar-refractivity contribution in [1.29, 1.82) is 0 Å². The molecule has 0 aromatic rings. The van der Waals surface area contributed by atoms with E-state index in [0.29, 0.717) is 12.5 Å². The Labute approximate surface area is 75.2 Å². The van der Waals surface area contributed by atoms with Crippen molar-refractivity contribution in [3.8, 4) is 0 Å². The third-order valence-corrected chi connectivity index (χ3v) is 2.05. The fourth-order valence-corrected chi connectivity index (χ4v) is 1.48. The van der Waals surface area contributed by atoms with E-state index in [2.05, 4.69) is 6.92 Å². The van der Waals surface area contributed by atoms with Crippen LogP contribution < -0.4 is 5.73 Å². The molecule has 3 heteroatoms. The lowest BCUT2D eigenvalue weighted by molar-refractivity contribution is -0.139. The molecule has 0 saturated carbocycles. The van der Waals surface area contributed by atoms with Gasteiger partial charge in [-0.25, -0.2) is 0 Å². The lowest BCUT2D eigenvalue weighted by Crippen LogP contribution is -2.26. The fraction of sp³-hybridized carbons (Fsp3) is 1.00. The van der Waals surface area contributed by atoms with Gasteiger partial charge in [-0.1, -0.05) is 13.3 Å². The van der Waals surface area contributed by atoms with Gasteiger partial charge in [0.1, 0.15) is 0 Å². The molecule has 0 aromatic heterocycles. The zero-order valence-corrected chi connectivity index (χ0v) is 8.38. The van der Waals surface area contributed by atoms with Gasteiger partial charge in [-0.2, -0.15) is 0 Å². The van der Waals surface area contributed by atoms with Crippen LogP contribution in [0.4, 0.5) is 0 Å². The van der Waals surface area contributed by atoms with E-state index >= 15 is 0 Å². The van der Waals surface area contributed by atoms with Crippen LogP contribution in [-0.4, -0.2) is 27.1 Å². The second kappa shape index (κ2) is 7.53. The van der Waals surface area contributed by atoms with Crippen LogP contribution >= 0.6 is 0 Å². The summed E-state index contributed by atoms with van der Waals surface area (Å²) in [7, 11) is 3.35. The third kappa shape index (κ3) is 4.04. The summed E-state index contributed by atoms with van der Waals surface area (Å²) in [6.07, 6.45) is 3.14. The van der Waals surface area contributed by atoms with Gasteiger partial charge in [0.25, 0.3) is 0 Å². The van der Waals surface area contributed by atoms with Crippen LogP contribution in [0.25, 0.3) is 0 Å². The van der Waals surface area contributed by atoms with Gasteiger partial charge in [0, 0.05) is 20.1 Å². The van der Waals surface area contributed by atoms with Gasteiger partial charge in [-0.3, -0.25) is 0 Å². The molecule has 74 valence electrons. The van der Waals surface area contributed by atoms with E-state index in [4.69, 9.17) is 15.2 Å². The standard InChI is InChI=1S/C9H21NO2/c1-4-5-8(6-7-10)9(11-2)12-3/h8-9H,4-7,10H2,1-3H3. The van der Waals surface area contributed by atoms with Crippen LogP contribution in [-0.2, 0) is 9.47 Å². The molecule has 0 fully saturated rings. The number of methoxy groups -OCH3 is 2. The molecular weight excluding hydrogens is 154 g/mol. The Morgan fingerprint density at radius 2 is 1.75 bits per heavy atom. The highest BCUT2D eigenvalue weighted by Crippen LogP contribution is 2.17. The van der Waals surface area contributed by atoms with Crippen molar-refractivity contribution in [3.05, 3.63) is 0 Å². The molecule has 0 aliphatic rings. The molecule has 3 nitrogen and oxygen atoms in total. The summed E-state index contributed by atoms with van der Waals surface area (Å²) < 4.78 is 10.4. The summed E-state index contributed by atoms with van der Waals surface area (Å²) in [6.45, 7) is 2.86. The van der Waals surface area contributed by atoms with Crippen LogP contribution in [0.5, 0.6) is 0 Å². The monoisotopic (exact) mass is 175 g/mol. The molecule has 0 bridgehead atoms. The SMILES string of the molecule is CCCC(CCN)C(OC)OC. The summed E-state index contributed by atoms with van der Waals surface area (Å²) >= 11 is 0. The number of rotatable bonds is 7. The van der Waals surface area contributed by atoms with Crippen molar-refractivity contribution in [2.24, 2.45) is 11.7 Å². The van der Waals surface area contributed by atoms with Gasteiger partial charge < -0.3 is 15.2 Å². The van der Waals surface area contributed by atoms with E-state index in [0.717, 1.165) is 19.3 Å². The lowest BCUT2D eigenvalue weighted by Gasteiger charge is -2.23. The Balaban J connectivity index is 3.86. The van der Waals surface area contributed by atoms with E-state index in [1.165, 1.54) is 0 Å². The molecule has 1 unspecified atom stereocenters. The molecule has 0 aromatic carbocycles. The number of ether oxygens (including phenoxy) is 2. The molecule has 2 N–H and O–H groups in total. The summed E-state index contributed by atoms with van der Waals surface area (Å²) in [6, 6.07) is 0. The predicted molar refractivity (Wildman–Crippen MR) is 49.9 cm³/mol. The van der Waals surface area contributed by atoms with E-state index < -0.39 is 0 Å². The van der Waals surface area contributed by atoms with E-state index in [1.54, 1.807) is 14.2 Å². The molecule has 1 atom stereocenters. The minimum atomic E-state index is -0.0894. The molecule has 0 heterocycles. The largest absolute Gasteiger partial charge is 0.356 e. The van der Waals surface area contributed by atoms with Gasteiger partial charge in [-0.15, -0.1) is 0 Å². The highest BCUT2D eigenvalue weighted by atomic mass is 16.7. The minimum Gasteiger partial charge on any atom is -0.356 e. The maximum Gasteiger partial charge on any atom is 0.159 e. The second-order valence-electron chi connectivity index (χ2n) is 2.97. The van der Waals surface area contributed by atoms with Gasteiger partial charge in [0.15, 0.2) is 6.29 Å². The summed E-state index contributed by atoms with van der Waals surface area (Å²) in [4.78, 5) is 0. The lowest BCUT2D eigenvalue weighted by atomic mass is 9.99. The van der Waals surface area contributed by atoms with E-state index in [-0.39, 0.29) is 6.29 Å². The first-order chi connectivity index (χ1) is 5.79. The first-order valence-electron chi connectivity index (χ1n) is 4.55. The Kier molecular flexibility index (Phi) is 7.45. The Morgan fingerprint density at radius 3 is 2.08 bits per heavy atom. The maximum absolute atomic E-state index is 5.50. The first kappa shape index (κ1) is 11.9. The van der Waals surface area contributed by atoms with Crippen molar-refractivity contribution in [2.75, 3.05) is 20.8 Å². The summed E-state index contributed by atoms with van der Waals surface area (Å²) in [5.74, 6) is 0.440. The average molecular weight is 175 g/mol. The molecule has 12 heavy (non-hydrogen) atoms. The van der Waals surface area contributed by atoms with Crippen LogP contribution in [0.2, 0.25) is 0 Å². The van der Waals surface area contributed by atoms with Crippen molar-refractivity contribution in [1.82, 2.24) is 0 Å². The van der Waals surface area contributed by atoms with E-state index in [9.17, 15) is 0 Å². The Hall–Kier alpha value is -0.120. The third-order valence-electron chi connectivity index (χ3n) is 2.05. The van der Waals surface area contributed by atoms with Gasteiger partial charge in [0.2, 0.25) is 0 Å². The predicted octanol–water partition coefficient (Wildman–Crippen LogP) is 1.37. The van der Waals surface area contributed by atoms with Crippen molar-refractivity contribution < 1.29 is 9.47 Å². The van der Waals surface area contributed by atoms with Crippen LogP contribution in [0, 0.1) is 5.92 Å². The molecule has 0 saturated heterocycles. The Bertz CT molecular complexity index is 88.5.